The second kappa shape index (κ2) is 6.22. The van der Waals surface area contributed by atoms with Crippen LogP contribution in [0.3, 0.4) is 0 Å². The molecule has 0 atom stereocenters. The van der Waals surface area contributed by atoms with Crippen molar-refractivity contribution in [2.75, 3.05) is 25.0 Å². The van der Waals surface area contributed by atoms with E-state index in [0.29, 0.717) is 11.7 Å². The first kappa shape index (κ1) is 14.0. The summed E-state index contributed by atoms with van der Waals surface area (Å²) >= 11 is 0. The van der Waals surface area contributed by atoms with Gasteiger partial charge >= 0.3 is 0 Å². The lowest BCUT2D eigenvalue weighted by molar-refractivity contribution is 0.229. The SMILES string of the molecule is CCN1CCC(Nc2ccc(-n3cncn3)c(F)c2)CC1. The molecule has 1 N–H and O–H groups in total. The Kier molecular flexibility index (Phi) is 4.15. The van der Waals surface area contributed by atoms with Crippen molar-refractivity contribution < 1.29 is 4.39 Å². The van der Waals surface area contributed by atoms with Gasteiger partial charge in [0, 0.05) is 24.8 Å². The van der Waals surface area contributed by atoms with Crippen molar-refractivity contribution in [1.82, 2.24) is 19.7 Å². The summed E-state index contributed by atoms with van der Waals surface area (Å²) in [6, 6.07) is 5.58. The smallest absolute Gasteiger partial charge is 0.150 e. The fourth-order valence-corrected chi connectivity index (χ4v) is 2.74. The number of halogens is 1. The normalized spacial score (nSPS) is 17.0. The molecule has 1 aromatic heterocycles. The summed E-state index contributed by atoms with van der Waals surface area (Å²) in [6.07, 6.45) is 5.08. The Labute approximate surface area is 123 Å². The lowest BCUT2D eigenvalue weighted by atomic mass is 10.0. The Morgan fingerprint density at radius 3 is 2.76 bits per heavy atom. The van der Waals surface area contributed by atoms with Gasteiger partial charge in [-0.2, -0.15) is 5.10 Å². The Morgan fingerprint density at radius 2 is 2.14 bits per heavy atom. The number of benzene rings is 1. The summed E-state index contributed by atoms with van der Waals surface area (Å²) < 4.78 is 15.6. The van der Waals surface area contributed by atoms with Crippen LogP contribution in [0.15, 0.2) is 30.9 Å². The Hall–Kier alpha value is -1.95. The standard InChI is InChI=1S/C15H20FN5/c1-2-20-7-5-12(6-8-20)19-13-3-4-15(14(16)9-13)21-11-17-10-18-21/h3-4,9-12,19H,2,5-8H2,1H3. The minimum Gasteiger partial charge on any atom is -0.382 e. The molecule has 0 unspecified atom stereocenters. The van der Waals surface area contributed by atoms with Crippen LogP contribution in [0, 0.1) is 5.82 Å². The van der Waals surface area contributed by atoms with Crippen molar-refractivity contribution in [3.63, 3.8) is 0 Å². The van der Waals surface area contributed by atoms with E-state index < -0.39 is 0 Å². The molecule has 1 aliphatic heterocycles. The third kappa shape index (κ3) is 3.21. The zero-order chi connectivity index (χ0) is 14.7. The topological polar surface area (TPSA) is 46.0 Å². The summed E-state index contributed by atoms with van der Waals surface area (Å²) in [7, 11) is 0. The van der Waals surface area contributed by atoms with Crippen LogP contribution in [-0.2, 0) is 0 Å². The second-order valence-electron chi connectivity index (χ2n) is 5.36. The Morgan fingerprint density at radius 1 is 1.33 bits per heavy atom. The summed E-state index contributed by atoms with van der Waals surface area (Å²) in [5.74, 6) is -0.295. The van der Waals surface area contributed by atoms with E-state index in [0.717, 1.165) is 38.2 Å². The molecule has 2 aromatic rings. The van der Waals surface area contributed by atoms with Gasteiger partial charge in [0.25, 0.3) is 0 Å². The van der Waals surface area contributed by atoms with Crippen molar-refractivity contribution in [3.05, 3.63) is 36.7 Å². The van der Waals surface area contributed by atoms with E-state index in [9.17, 15) is 4.39 Å². The van der Waals surface area contributed by atoms with Crippen LogP contribution >= 0.6 is 0 Å². The highest BCUT2D eigenvalue weighted by Crippen LogP contribution is 2.20. The number of aromatic nitrogens is 3. The predicted octanol–water partition coefficient (Wildman–Crippen LogP) is 2.30. The number of piperidine rings is 1. The van der Waals surface area contributed by atoms with E-state index in [1.807, 2.05) is 6.07 Å². The van der Waals surface area contributed by atoms with E-state index in [1.54, 1.807) is 6.07 Å². The van der Waals surface area contributed by atoms with Gasteiger partial charge < -0.3 is 10.2 Å². The number of nitrogens with zero attached hydrogens (tertiary/aromatic N) is 4. The van der Waals surface area contributed by atoms with E-state index >= 15 is 0 Å². The van der Waals surface area contributed by atoms with Gasteiger partial charge in [-0.3, -0.25) is 0 Å². The average Bonchev–Trinajstić information content (AvgIpc) is 3.02. The van der Waals surface area contributed by atoms with Crippen LogP contribution in [-0.4, -0.2) is 45.3 Å². The zero-order valence-electron chi connectivity index (χ0n) is 12.2. The summed E-state index contributed by atoms with van der Waals surface area (Å²) in [6.45, 7) is 5.50. The van der Waals surface area contributed by atoms with Crippen molar-refractivity contribution in [1.29, 1.82) is 0 Å². The van der Waals surface area contributed by atoms with Gasteiger partial charge in [-0.05, 0) is 37.6 Å². The molecule has 1 aromatic carbocycles. The molecule has 0 saturated carbocycles. The van der Waals surface area contributed by atoms with Crippen molar-refractivity contribution in [2.45, 2.75) is 25.8 Å². The molecule has 112 valence electrons. The molecule has 3 rings (SSSR count). The highest BCUT2D eigenvalue weighted by molar-refractivity contribution is 5.50. The van der Waals surface area contributed by atoms with Gasteiger partial charge in [0.1, 0.15) is 18.3 Å². The minimum atomic E-state index is -0.295. The van der Waals surface area contributed by atoms with Gasteiger partial charge in [0.05, 0.1) is 0 Å². The molecular weight excluding hydrogens is 269 g/mol. The van der Waals surface area contributed by atoms with Crippen LogP contribution in [0.1, 0.15) is 19.8 Å². The molecule has 0 radical (unpaired) electrons. The maximum Gasteiger partial charge on any atom is 0.150 e. The van der Waals surface area contributed by atoms with E-state index in [-0.39, 0.29) is 5.82 Å². The van der Waals surface area contributed by atoms with Crippen LogP contribution < -0.4 is 5.32 Å². The van der Waals surface area contributed by atoms with E-state index in [1.165, 1.54) is 23.4 Å². The number of nitrogens with one attached hydrogen (secondary N) is 1. The summed E-state index contributed by atoms with van der Waals surface area (Å²) in [5.41, 5.74) is 1.24. The highest BCUT2D eigenvalue weighted by Gasteiger charge is 2.18. The molecule has 2 heterocycles. The lowest BCUT2D eigenvalue weighted by Gasteiger charge is -2.32. The third-order valence-corrected chi connectivity index (χ3v) is 4.02. The lowest BCUT2D eigenvalue weighted by Crippen LogP contribution is -2.38. The zero-order valence-corrected chi connectivity index (χ0v) is 12.2. The minimum absolute atomic E-state index is 0.295. The molecular formula is C15H20FN5. The maximum atomic E-state index is 14.1. The molecule has 1 saturated heterocycles. The maximum absolute atomic E-state index is 14.1. The van der Waals surface area contributed by atoms with Crippen LogP contribution in [0.4, 0.5) is 10.1 Å². The first-order valence-electron chi connectivity index (χ1n) is 7.39. The largest absolute Gasteiger partial charge is 0.382 e. The first-order chi connectivity index (χ1) is 10.3. The van der Waals surface area contributed by atoms with Crippen molar-refractivity contribution >= 4 is 5.69 Å². The molecule has 0 aliphatic carbocycles. The number of rotatable bonds is 4. The second-order valence-corrected chi connectivity index (χ2v) is 5.36. The van der Waals surface area contributed by atoms with Gasteiger partial charge in [-0.15, -0.1) is 0 Å². The predicted molar refractivity (Wildman–Crippen MR) is 80.1 cm³/mol. The number of likely N-dealkylation sites (tertiary alicyclic amines) is 1. The van der Waals surface area contributed by atoms with Gasteiger partial charge in [0.2, 0.25) is 0 Å². The van der Waals surface area contributed by atoms with Gasteiger partial charge in [-0.25, -0.2) is 14.1 Å². The monoisotopic (exact) mass is 289 g/mol. The Bertz CT molecular complexity index is 576. The Balaban J connectivity index is 1.66. The third-order valence-electron chi connectivity index (χ3n) is 4.02. The van der Waals surface area contributed by atoms with E-state index in [4.69, 9.17) is 0 Å². The molecule has 6 heteroatoms. The number of hydrogen-bond acceptors (Lipinski definition) is 4. The van der Waals surface area contributed by atoms with Crippen LogP contribution in [0.25, 0.3) is 5.69 Å². The van der Waals surface area contributed by atoms with E-state index in [2.05, 4.69) is 27.2 Å². The quantitative estimate of drug-likeness (QED) is 0.938. The fraction of sp³-hybridized carbons (Fsp3) is 0.467. The molecule has 21 heavy (non-hydrogen) atoms. The molecule has 1 fully saturated rings. The summed E-state index contributed by atoms with van der Waals surface area (Å²) in [5, 5.41) is 7.38. The number of hydrogen-bond donors (Lipinski definition) is 1. The van der Waals surface area contributed by atoms with Crippen molar-refractivity contribution in [2.24, 2.45) is 0 Å². The van der Waals surface area contributed by atoms with Gasteiger partial charge in [0.15, 0.2) is 5.82 Å². The average molecular weight is 289 g/mol. The van der Waals surface area contributed by atoms with Crippen LogP contribution in [0.5, 0.6) is 0 Å². The fourth-order valence-electron chi connectivity index (χ4n) is 2.74. The van der Waals surface area contributed by atoms with Gasteiger partial charge in [-0.1, -0.05) is 6.92 Å². The molecule has 0 bridgehead atoms. The summed E-state index contributed by atoms with van der Waals surface area (Å²) in [4.78, 5) is 6.27. The molecule has 1 aliphatic rings. The molecule has 0 amide bonds. The molecule has 0 spiro atoms. The first-order valence-corrected chi connectivity index (χ1v) is 7.39. The highest BCUT2D eigenvalue weighted by atomic mass is 19.1. The van der Waals surface area contributed by atoms with Crippen LogP contribution in [0.2, 0.25) is 0 Å². The van der Waals surface area contributed by atoms with Crippen molar-refractivity contribution in [3.8, 4) is 5.69 Å². The number of anilines is 1. The molecule has 5 nitrogen and oxygen atoms in total.